The molecule has 17 heavy (non-hydrogen) atoms. The molecule has 1 fully saturated rings. The normalized spacial score (nSPS) is 16.2. The summed E-state index contributed by atoms with van der Waals surface area (Å²) in [4.78, 5) is 17.2. The van der Waals surface area contributed by atoms with Crippen LogP contribution in [0.15, 0.2) is 28.7 Å². The Morgan fingerprint density at radius 3 is 2.88 bits per heavy atom. The van der Waals surface area contributed by atoms with Crippen LogP contribution in [-0.2, 0) is 0 Å². The molecular weight excluding hydrogens is 280 g/mol. The number of amides is 1. The van der Waals surface area contributed by atoms with Gasteiger partial charge in [-0.2, -0.15) is 0 Å². The predicted molar refractivity (Wildman–Crippen MR) is 71.1 cm³/mol. The van der Waals surface area contributed by atoms with Gasteiger partial charge < -0.3 is 9.88 Å². The van der Waals surface area contributed by atoms with Crippen molar-refractivity contribution in [3.05, 3.63) is 34.4 Å². The molecule has 0 radical (unpaired) electrons. The number of likely N-dealkylation sites (tertiary alicyclic amines) is 1. The van der Waals surface area contributed by atoms with Crippen molar-refractivity contribution in [1.29, 1.82) is 0 Å². The molecule has 1 aromatic carbocycles. The van der Waals surface area contributed by atoms with Gasteiger partial charge in [0.25, 0.3) is 5.91 Å². The number of nitrogens with one attached hydrogen (secondary N) is 1. The van der Waals surface area contributed by atoms with E-state index in [1.165, 1.54) is 0 Å². The molecule has 1 N–H and O–H groups in total. The van der Waals surface area contributed by atoms with Crippen LogP contribution in [0.5, 0.6) is 0 Å². The molecule has 3 nitrogen and oxygen atoms in total. The largest absolute Gasteiger partial charge is 0.350 e. The van der Waals surface area contributed by atoms with Crippen LogP contribution in [0, 0.1) is 5.92 Å². The number of fused-ring (bicyclic) bond motifs is 1. The van der Waals surface area contributed by atoms with Crippen molar-refractivity contribution in [3.8, 4) is 0 Å². The third kappa shape index (κ3) is 1.86. The number of nitrogens with zero attached hydrogens (tertiary/aromatic N) is 1. The number of benzene rings is 1. The molecule has 1 aliphatic heterocycles. The van der Waals surface area contributed by atoms with Gasteiger partial charge in [0, 0.05) is 28.5 Å². The van der Waals surface area contributed by atoms with E-state index in [-0.39, 0.29) is 5.91 Å². The van der Waals surface area contributed by atoms with Crippen molar-refractivity contribution in [1.82, 2.24) is 9.88 Å². The summed E-state index contributed by atoms with van der Waals surface area (Å²) in [6, 6.07) is 7.90. The summed E-state index contributed by atoms with van der Waals surface area (Å²) in [5.74, 6) is 0.743. The van der Waals surface area contributed by atoms with Crippen LogP contribution in [0.25, 0.3) is 10.9 Å². The quantitative estimate of drug-likeness (QED) is 0.862. The third-order valence-corrected chi connectivity index (χ3v) is 3.66. The Balaban J connectivity index is 1.93. The SMILES string of the molecule is CC1CN(C(=O)c2cc3ccc(Br)cc3[nH]2)C1. The number of hydrogen-bond acceptors (Lipinski definition) is 1. The van der Waals surface area contributed by atoms with Gasteiger partial charge in [0.05, 0.1) is 0 Å². The van der Waals surface area contributed by atoms with Gasteiger partial charge in [-0.1, -0.05) is 28.9 Å². The van der Waals surface area contributed by atoms with E-state index in [1.807, 2.05) is 29.2 Å². The zero-order chi connectivity index (χ0) is 12.0. The van der Waals surface area contributed by atoms with Gasteiger partial charge >= 0.3 is 0 Å². The van der Waals surface area contributed by atoms with Crippen molar-refractivity contribution in [2.45, 2.75) is 6.92 Å². The second kappa shape index (κ2) is 3.88. The molecule has 0 atom stereocenters. The van der Waals surface area contributed by atoms with Crippen LogP contribution in [0.2, 0.25) is 0 Å². The van der Waals surface area contributed by atoms with Crippen LogP contribution in [-0.4, -0.2) is 28.9 Å². The summed E-state index contributed by atoms with van der Waals surface area (Å²) in [7, 11) is 0. The van der Waals surface area contributed by atoms with Crippen LogP contribution in [0.4, 0.5) is 0 Å². The van der Waals surface area contributed by atoms with Gasteiger partial charge in [0.2, 0.25) is 0 Å². The smallest absolute Gasteiger partial charge is 0.270 e. The lowest BCUT2D eigenvalue weighted by molar-refractivity contribution is 0.0525. The van der Waals surface area contributed by atoms with Crippen molar-refractivity contribution in [3.63, 3.8) is 0 Å². The van der Waals surface area contributed by atoms with Gasteiger partial charge in [0.15, 0.2) is 0 Å². The Morgan fingerprint density at radius 2 is 2.18 bits per heavy atom. The van der Waals surface area contributed by atoms with Gasteiger partial charge in [-0.3, -0.25) is 4.79 Å². The van der Waals surface area contributed by atoms with Crippen LogP contribution in [0.3, 0.4) is 0 Å². The number of aromatic nitrogens is 1. The number of hydrogen-bond donors (Lipinski definition) is 1. The van der Waals surface area contributed by atoms with Crippen molar-refractivity contribution < 1.29 is 4.79 Å². The van der Waals surface area contributed by atoms with Crippen molar-refractivity contribution in [2.75, 3.05) is 13.1 Å². The lowest BCUT2D eigenvalue weighted by Gasteiger charge is -2.36. The Hall–Kier alpha value is -1.29. The highest BCUT2D eigenvalue weighted by molar-refractivity contribution is 9.10. The number of halogens is 1. The fourth-order valence-corrected chi connectivity index (χ4v) is 2.61. The molecule has 3 rings (SSSR count). The molecule has 0 saturated carbocycles. The van der Waals surface area contributed by atoms with Crippen molar-refractivity contribution in [2.24, 2.45) is 5.92 Å². The van der Waals surface area contributed by atoms with Crippen molar-refractivity contribution >= 4 is 32.7 Å². The topological polar surface area (TPSA) is 36.1 Å². The lowest BCUT2D eigenvalue weighted by Crippen LogP contribution is -2.48. The molecule has 0 aliphatic carbocycles. The van der Waals surface area contributed by atoms with Gasteiger partial charge in [0.1, 0.15) is 5.69 Å². The first-order chi connectivity index (χ1) is 8.13. The van der Waals surface area contributed by atoms with E-state index >= 15 is 0 Å². The Labute approximate surface area is 108 Å². The molecule has 88 valence electrons. The standard InChI is InChI=1S/C13H13BrN2O/c1-8-6-16(7-8)13(17)12-4-9-2-3-10(14)5-11(9)15-12/h2-5,8,15H,6-7H2,1H3. The molecule has 0 bridgehead atoms. The zero-order valence-corrected chi connectivity index (χ0v) is 11.1. The molecule has 1 aromatic heterocycles. The average Bonchev–Trinajstić information content (AvgIpc) is 2.66. The number of rotatable bonds is 1. The maximum Gasteiger partial charge on any atom is 0.270 e. The monoisotopic (exact) mass is 292 g/mol. The highest BCUT2D eigenvalue weighted by Gasteiger charge is 2.28. The number of carbonyl (C=O) groups excluding carboxylic acids is 1. The molecule has 0 spiro atoms. The first-order valence-electron chi connectivity index (χ1n) is 5.71. The minimum Gasteiger partial charge on any atom is -0.350 e. The first kappa shape index (κ1) is 10.8. The zero-order valence-electron chi connectivity index (χ0n) is 9.53. The Morgan fingerprint density at radius 1 is 1.41 bits per heavy atom. The van der Waals surface area contributed by atoms with E-state index in [9.17, 15) is 4.79 Å². The molecule has 1 amide bonds. The van der Waals surface area contributed by atoms with Gasteiger partial charge in [-0.25, -0.2) is 0 Å². The minimum atomic E-state index is 0.107. The molecule has 4 heteroatoms. The molecule has 1 saturated heterocycles. The summed E-state index contributed by atoms with van der Waals surface area (Å²) >= 11 is 3.42. The maximum atomic E-state index is 12.1. The molecule has 2 heterocycles. The number of aromatic amines is 1. The molecular formula is C13H13BrN2O. The first-order valence-corrected chi connectivity index (χ1v) is 6.50. The number of H-pyrrole nitrogens is 1. The van der Waals surface area contributed by atoms with E-state index in [4.69, 9.17) is 0 Å². The predicted octanol–water partition coefficient (Wildman–Crippen LogP) is 3.02. The van der Waals surface area contributed by atoms with E-state index in [2.05, 4.69) is 27.8 Å². The third-order valence-electron chi connectivity index (χ3n) is 3.17. The summed E-state index contributed by atoms with van der Waals surface area (Å²) in [5, 5.41) is 1.07. The van der Waals surface area contributed by atoms with Gasteiger partial charge in [-0.05, 0) is 24.1 Å². The van der Waals surface area contributed by atoms with E-state index in [0.29, 0.717) is 11.6 Å². The fraction of sp³-hybridized carbons (Fsp3) is 0.308. The molecule has 2 aromatic rings. The number of carbonyl (C=O) groups is 1. The summed E-state index contributed by atoms with van der Waals surface area (Å²) in [5.41, 5.74) is 1.68. The van der Waals surface area contributed by atoms with Crippen LogP contribution in [0.1, 0.15) is 17.4 Å². The fourth-order valence-electron chi connectivity index (χ4n) is 2.25. The van der Waals surface area contributed by atoms with Crippen LogP contribution < -0.4 is 0 Å². The second-order valence-electron chi connectivity index (χ2n) is 4.73. The highest BCUT2D eigenvalue weighted by Crippen LogP contribution is 2.23. The second-order valence-corrected chi connectivity index (χ2v) is 5.65. The molecule has 0 unspecified atom stereocenters. The van der Waals surface area contributed by atoms with E-state index in [1.54, 1.807) is 0 Å². The Kier molecular flexibility index (Phi) is 2.47. The minimum absolute atomic E-state index is 0.107. The van der Waals surface area contributed by atoms with Crippen LogP contribution >= 0.6 is 15.9 Å². The maximum absolute atomic E-state index is 12.1. The highest BCUT2D eigenvalue weighted by atomic mass is 79.9. The van der Waals surface area contributed by atoms with Gasteiger partial charge in [-0.15, -0.1) is 0 Å². The summed E-state index contributed by atoms with van der Waals surface area (Å²) in [6.07, 6.45) is 0. The van der Waals surface area contributed by atoms with E-state index < -0.39 is 0 Å². The van der Waals surface area contributed by atoms with E-state index in [0.717, 1.165) is 28.5 Å². The molecule has 1 aliphatic rings. The summed E-state index contributed by atoms with van der Waals surface area (Å²) < 4.78 is 1.02. The average molecular weight is 293 g/mol. The lowest BCUT2D eigenvalue weighted by atomic mass is 10.0. The Bertz CT molecular complexity index is 584. The summed E-state index contributed by atoms with van der Waals surface area (Å²) in [6.45, 7) is 3.90.